The quantitative estimate of drug-likeness (QED) is 0.720. The van der Waals surface area contributed by atoms with E-state index in [0.29, 0.717) is 23.5 Å². The molecule has 0 aliphatic heterocycles. The molecule has 6 heteroatoms. The second-order valence-electron chi connectivity index (χ2n) is 4.73. The Kier molecular flexibility index (Phi) is 6.20. The van der Waals surface area contributed by atoms with Crippen molar-refractivity contribution in [1.29, 1.82) is 0 Å². The van der Waals surface area contributed by atoms with Crippen molar-refractivity contribution in [1.82, 2.24) is 4.90 Å². The first-order chi connectivity index (χ1) is 9.76. The fourth-order valence-electron chi connectivity index (χ4n) is 1.99. The number of carbonyl (C=O) groups excluding carboxylic acids is 1. The molecule has 3 nitrogen and oxygen atoms in total. The average molecular weight is 303 g/mol. The van der Waals surface area contributed by atoms with Gasteiger partial charge in [0.1, 0.15) is 5.75 Å². The highest BCUT2D eigenvalue weighted by molar-refractivity contribution is 5.94. The van der Waals surface area contributed by atoms with Gasteiger partial charge in [0.2, 0.25) is 0 Å². The summed E-state index contributed by atoms with van der Waals surface area (Å²) < 4.78 is 43.0. The SMILES string of the molecule is CCOc1ccc(C(C)=O)cc1CN(CC)CC(F)(F)F. The predicted octanol–water partition coefficient (Wildman–Crippen LogP) is 3.67. The molecule has 0 amide bonds. The third-order valence-electron chi connectivity index (χ3n) is 3.01. The number of benzene rings is 1. The van der Waals surface area contributed by atoms with Gasteiger partial charge in [-0.2, -0.15) is 13.2 Å². The van der Waals surface area contributed by atoms with Crippen LogP contribution >= 0.6 is 0 Å². The van der Waals surface area contributed by atoms with E-state index < -0.39 is 12.7 Å². The van der Waals surface area contributed by atoms with E-state index in [4.69, 9.17) is 4.74 Å². The van der Waals surface area contributed by atoms with Crippen molar-refractivity contribution in [2.75, 3.05) is 19.7 Å². The molecular weight excluding hydrogens is 283 g/mol. The molecule has 0 unspecified atom stereocenters. The molecule has 0 aromatic heterocycles. The van der Waals surface area contributed by atoms with Gasteiger partial charge in [-0.3, -0.25) is 9.69 Å². The molecule has 0 radical (unpaired) electrons. The number of rotatable bonds is 7. The molecule has 0 aliphatic carbocycles. The van der Waals surface area contributed by atoms with Crippen LogP contribution in [0.5, 0.6) is 5.75 Å². The van der Waals surface area contributed by atoms with Crippen LogP contribution in [-0.4, -0.2) is 36.6 Å². The van der Waals surface area contributed by atoms with Crippen LogP contribution in [0.1, 0.15) is 36.7 Å². The van der Waals surface area contributed by atoms with Crippen molar-refractivity contribution in [3.8, 4) is 5.75 Å². The number of ketones is 1. The van der Waals surface area contributed by atoms with Crippen molar-refractivity contribution in [2.45, 2.75) is 33.5 Å². The summed E-state index contributed by atoms with van der Waals surface area (Å²) >= 11 is 0. The van der Waals surface area contributed by atoms with Gasteiger partial charge >= 0.3 is 6.18 Å². The minimum atomic E-state index is -4.25. The fourth-order valence-corrected chi connectivity index (χ4v) is 1.99. The largest absolute Gasteiger partial charge is 0.494 e. The summed E-state index contributed by atoms with van der Waals surface area (Å²) in [4.78, 5) is 12.7. The zero-order valence-corrected chi connectivity index (χ0v) is 12.5. The van der Waals surface area contributed by atoms with Crippen LogP contribution in [0.3, 0.4) is 0 Å². The molecule has 0 bridgehead atoms. The molecule has 0 atom stereocenters. The lowest BCUT2D eigenvalue weighted by molar-refractivity contribution is -0.146. The third-order valence-corrected chi connectivity index (χ3v) is 3.01. The first-order valence-electron chi connectivity index (χ1n) is 6.82. The van der Waals surface area contributed by atoms with Crippen LogP contribution in [0.4, 0.5) is 13.2 Å². The van der Waals surface area contributed by atoms with Crippen molar-refractivity contribution in [3.63, 3.8) is 0 Å². The topological polar surface area (TPSA) is 29.5 Å². The molecule has 21 heavy (non-hydrogen) atoms. The van der Waals surface area contributed by atoms with Crippen molar-refractivity contribution in [3.05, 3.63) is 29.3 Å². The molecule has 1 aromatic carbocycles. The van der Waals surface area contributed by atoms with E-state index >= 15 is 0 Å². The van der Waals surface area contributed by atoms with Crippen molar-refractivity contribution in [2.24, 2.45) is 0 Å². The molecule has 1 rings (SSSR count). The van der Waals surface area contributed by atoms with E-state index in [1.54, 1.807) is 32.0 Å². The maximum Gasteiger partial charge on any atom is 0.401 e. The van der Waals surface area contributed by atoms with Crippen LogP contribution < -0.4 is 4.74 Å². The summed E-state index contributed by atoms with van der Waals surface area (Å²) in [6.45, 7) is 4.67. The van der Waals surface area contributed by atoms with Gasteiger partial charge in [-0.05, 0) is 38.6 Å². The number of alkyl halides is 3. The van der Waals surface area contributed by atoms with E-state index in [1.165, 1.54) is 11.8 Å². The van der Waals surface area contributed by atoms with Gasteiger partial charge in [0.15, 0.2) is 5.78 Å². The Morgan fingerprint density at radius 2 is 1.95 bits per heavy atom. The number of Topliss-reactive ketones (excluding diaryl/α,β-unsaturated/α-hetero) is 1. The molecule has 0 heterocycles. The third kappa shape index (κ3) is 5.75. The molecule has 0 saturated carbocycles. The highest BCUT2D eigenvalue weighted by atomic mass is 19.4. The van der Waals surface area contributed by atoms with Gasteiger partial charge in [0.25, 0.3) is 0 Å². The second-order valence-corrected chi connectivity index (χ2v) is 4.73. The summed E-state index contributed by atoms with van der Waals surface area (Å²) in [6, 6.07) is 4.86. The Labute approximate surface area is 122 Å². The zero-order valence-electron chi connectivity index (χ0n) is 12.5. The summed E-state index contributed by atoms with van der Waals surface area (Å²) in [5, 5.41) is 0. The van der Waals surface area contributed by atoms with Gasteiger partial charge in [0.05, 0.1) is 13.2 Å². The molecule has 0 saturated heterocycles. The Morgan fingerprint density at radius 3 is 2.43 bits per heavy atom. The Bertz CT molecular complexity index is 486. The normalized spacial score (nSPS) is 11.8. The fraction of sp³-hybridized carbons (Fsp3) is 0.533. The van der Waals surface area contributed by atoms with E-state index in [0.717, 1.165) is 0 Å². The zero-order chi connectivity index (χ0) is 16.0. The highest BCUT2D eigenvalue weighted by Crippen LogP contribution is 2.24. The Morgan fingerprint density at radius 1 is 1.29 bits per heavy atom. The lowest BCUT2D eigenvalue weighted by Crippen LogP contribution is -2.33. The standard InChI is InChI=1S/C15H20F3NO2/c1-4-19(10-15(16,17)18)9-13-8-12(11(3)20)6-7-14(13)21-5-2/h6-8H,4-5,9-10H2,1-3H3. The van der Waals surface area contributed by atoms with E-state index in [2.05, 4.69) is 0 Å². The van der Waals surface area contributed by atoms with Crippen molar-refractivity contribution < 1.29 is 22.7 Å². The molecule has 0 spiro atoms. The predicted molar refractivity (Wildman–Crippen MR) is 74.6 cm³/mol. The number of hydrogen-bond acceptors (Lipinski definition) is 3. The molecular formula is C15H20F3NO2. The Balaban J connectivity index is 3.01. The number of hydrogen-bond donors (Lipinski definition) is 0. The minimum absolute atomic E-state index is 0.0897. The van der Waals surface area contributed by atoms with E-state index in [9.17, 15) is 18.0 Å². The number of ether oxygens (including phenoxy) is 1. The average Bonchev–Trinajstić information content (AvgIpc) is 2.38. The van der Waals surface area contributed by atoms with Gasteiger partial charge in [0, 0.05) is 17.7 Å². The number of carbonyl (C=O) groups is 1. The lowest BCUT2D eigenvalue weighted by atomic mass is 10.1. The maximum absolute atomic E-state index is 12.5. The van der Waals surface area contributed by atoms with E-state index in [-0.39, 0.29) is 18.9 Å². The summed E-state index contributed by atoms with van der Waals surface area (Å²) in [5.74, 6) is 0.390. The molecule has 118 valence electrons. The second kappa shape index (κ2) is 7.45. The number of nitrogens with zero attached hydrogens (tertiary/aromatic N) is 1. The summed E-state index contributed by atoms with van der Waals surface area (Å²) in [7, 11) is 0. The smallest absolute Gasteiger partial charge is 0.401 e. The highest BCUT2D eigenvalue weighted by Gasteiger charge is 2.30. The van der Waals surface area contributed by atoms with Gasteiger partial charge in [-0.1, -0.05) is 6.92 Å². The van der Waals surface area contributed by atoms with Gasteiger partial charge in [-0.25, -0.2) is 0 Å². The van der Waals surface area contributed by atoms with Crippen LogP contribution in [-0.2, 0) is 6.54 Å². The molecule has 0 fully saturated rings. The molecule has 1 aromatic rings. The summed E-state index contributed by atoms with van der Waals surface area (Å²) in [5.41, 5.74) is 1.06. The first-order valence-corrected chi connectivity index (χ1v) is 6.82. The number of halogens is 3. The first kappa shape index (κ1) is 17.5. The van der Waals surface area contributed by atoms with Crippen molar-refractivity contribution >= 4 is 5.78 Å². The van der Waals surface area contributed by atoms with Crippen LogP contribution in [0, 0.1) is 0 Å². The maximum atomic E-state index is 12.5. The lowest BCUT2D eigenvalue weighted by Gasteiger charge is -2.23. The van der Waals surface area contributed by atoms with Crippen LogP contribution in [0.2, 0.25) is 0 Å². The molecule has 0 N–H and O–H groups in total. The van der Waals surface area contributed by atoms with Crippen LogP contribution in [0.25, 0.3) is 0 Å². The Hall–Kier alpha value is -1.56. The monoisotopic (exact) mass is 303 g/mol. The summed E-state index contributed by atoms with van der Waals surface area (Å²) in [6.07, 6.45) is -4.25. The van der Waals surface area contributed by atoms with E-state index in [1.807, 2.05) is 0 Å². The van der Waals surface area contributed by atoms with Gasteiger partial charge in [-0.15, -0.1) is 0 Å². The minimum Gasteiger partial charge on any atom is -0.494 e. The van der Waals surface area contributed by atoms with Gasteiger partial charge < -0.3 is 4.74 Å². The van der Waals surface area contributed by atoms with Crippen LogP contribution in [0.15, 0.2) is 18.2 Å². The molecule has 0 aliphatic rings.